The smallest absolute Gasteiger partial charge is 0.409 e. The van der Waals surface area contributed by atoms with Crippen molar-refractivity contribution in [2.45, 2.75) is 20.0 Å². The van der Waals surface area contributed by atoms with Crippen LogP contribution in [0.4, 0.5) is 4.79 Å². The van der Waals surface area contributed by atoms with Crippen LogP contribution < -0.4 is 0 Å². The van der Waals surface area contributed by atoms with Crippen LogP contribution in [-0.4, -0.2) is 79.9 Å². The summed E-state index contributed by atoms with van der Waals surface area (Å²) in [5, 5.41) is 0. The van der Waals surface area contributed by atoms with Gasteiger partial charge in [-0.2, -0.15) is 0 Å². The van der Waals surface area contributed by atoms with E-state index in [1.165, 1.54) is 6.08 Å². The zero-order valence-electron chi connectivity index (χ0n) is 13.7. The molecule has 0 N–H and O–H groups in total. The van der Waals surface area contributed by atoms with E-state index in [0.29, 0.717) is 32.8 Å². The number of nitrogens with zero attached hydrogens (tertiary/aromatic N) is 2. The molecule has 8 nitrogen and oxygen atoms in total. The van der Waals surface area contributed by atoms with Crippen LogP contribution in [0.25, 0.3) is 0 Å². The number of hydrogen-bond acceptors (Lipinski definition) is 6. The lowest BCUT2D eigenvalue weighted by atomic mass is 10.3. The van der Waals surface area contributed by atoms with E-state index in [0.717, 1.165) is 0 Å². The SMILES string of the molecule is C=CCOC(C)C(=O)OCC(=O)N1CCN(C(=O)OCC)CC1. The molecule has 0 aliphatic carbocycles. The van der Waals surface area contributed by atoms with Crippen LogP contribution in [0.3, 0.4) is 0 Å². The average Bonchev–Trinajstić information content (AvgIpc) is 2.57. The van der Waals surface area contributed by atoms with Crippen molar-refractivity contribution in [3.05, 3.63) is 12.7 Å². The molecule has 0 radical (unpaired) electrons. The second-order valence-corrected chi connectivity index (χ2v) is 4.94. The van der Waals surface area contributed by atoms with E-state index in [1.54, 1.807) is 23.6 Å². The zero-order chi connectivity index (χ0) is 17.2. The molecule has 1 atom stereocenters. The van der Waals surface area contributed by atoms with Crippen molar-refractivity contribution < 1.29 is 28.6 Å². The van der Waals surface area contributed by atoms with Gasteiger partial charge in [-0.05, 0) is 13.8 Å². The molecule has 0 aromatic rings. The first-order valence-electron chi connectivity index (χ1n) is 7.58. The predicted octanol–water partition coefficient (Wildman–Crippen LogP) is 0.421. The highest BCUT2D eigenvalue weighted by Gasteiger charge is 2.26. The van der Waals surface area contributed by atoms with Crippen molar-refractivity contribution in [2.75, 3.05) is 46.0 Å². The fraction of sp³-hybridized carbons (Fsp3) is 0.667. The predicted molar refractivity (Wildman–Crippen MR) is 81.7 cm³/mol. The molecule has 0 aromatic heterocycles. The standard InChI is InChI=1S/C15H24N2O6/c1-4-10-22-12(3)14(19)23-11-13(18)16-6-8-17(9-7-16)15(20)21-5-2/h4,12H,1,5-11H2,2-3H3. The topological polar surface area (TPSA) is 85.4 Å². The molecule has 1 saturated heterocycles. The van der Waals surface area contributed by atoms with Crippen molar-refractivity contribution in [3.8, 4) is 0 Å². The minimum absolute atomic E-state index is 0.236. The molecule has 1 aliphatic rings. The van der Waals surface area contributed by atoms with Crippen molar-refractivity contribution >= 4 is 18.0 Å². The second kappa shape index (κ2) is 9.83. The van der Waals surface area contributed by atoms with Gasteiger partial charge in [-0.15, -0.1) is 6.58 Å². The molecule has 0 aromatic carbocycles. The summed E-state index contributed by atoms with van der Waals surface area (Å²) in [7, 11) is 0. The minimum atomic E-state index is -0.749. The van der Waals surface area contributed by atoms with Crippen LogP contribution in [-0.2, 0) is 23.8 Å². The van der Waals surface area contributed by atoms with Gasteiger partial charge in [-0.1, -0.05) is 6.08 Å². The van der Waals surface area contributed by atoms with E-state index in [2.05, 4.69) is 6.58 Å². The Balaban J connectivity index is 2.30. The third-order valence-electron chi connectivity index (χ3n) is 3.29. The second-order valence-electron chi connectivity index (χ2n) is 4.94. The summed E-state index contributed by atoms with van der Waals surface area (Å²) in [6.07, 6.45) is 0.401. The molecule has 8 heteroatoms. The number of esters is 1. The monoisotopic (exact) mass is 328 g/mol. The van der Waals surface area contributed by atoms with E-state index in [4.69, 9.17) is 14.2 Å². The number of ether oxygens (including phenoxy) is 3. The number of hydrogen-bond donors (Lipinski definition) is 0. The van der Waals surface area contributed by atoms with E-state index < -0.39 is 12.1 Å². The van der Waals surface area contributed by atoms with Gasteiger partial charge in [0.15, 0.2) is 12.7 Å². The lowest BCUT2D eigenvalue weighted by Gasteiger charge is -2.33. The fourth-order valence-electron chi connectivity index (χ4n) is 1.98. The van der Waals surface area contributed by atoms with Crippen LogP contribution in [0, 0.1) is 0 Å². The van der Waals surface area contributed by atoms with Gasteiger partial charge in [0, 0.05) is 26.2 Å². The molecular formula is C15H24N2O6. The Morgan fingerprint density at radius 1 is 1.13 bits per heavy atom. The maximum atomic E-state index is 12.0. The Labute approximate surface area is 135 Å². The Bertz CT molecular complexity index is 432. The minimum Gasteiger partial charge on any atom is -0.454 e. The molecule has 2 amide bonds. The average molecular weight is 328 g/mol. The zero-order valence-corrected chi connectivity index (χ0v) is 13.7. The molecular weight excluding hydrogens is 304 g/mol. The van der Waals surface area contributed by atoms with Gasteiger partial charge in [-0.3, -0.25) is 4.79 Å². The molecule has 1 aliphatic heterocycles. The first-order chi connectivity index (χ1) is 11.0. The summed E-state index contributed by atoms with van der Waals surface area (Å²) >= 11 is 0. The molecule has 0 saturated carbocycles. The molecule has 130 valence electrons. The van der Waals surface area contributed by atoms with Crippen LogP contribution in [0.15, 0.2) is 12.7 Å². The summed E-state index contributed by atoms with van der Waals surface area (Å²) in [6.45, 7) is 8.57. The van der Waals surface area contributed by atoms with Crippen molar-refractivity contribution in [1.29, 1.82) is 0 Å². The normalized spacial score (nSPS) is 15.7. The number of piperazine rings is 1. The van der Waals surface area contributed by atoms with Crippen molar-refractivity contribution in [3.63, 3.8) is 0 Å². The fourth-order valence-corrected chi connectivity index (χ4v) is 1.98. The highest BCUT2D eigenvalue weighted by atomic mass is 16.6. The number of carbonyl (C=O) groups is 3. The highest BCUT2D eigenvalue weighted by Crippen LogP contribution is 2.05. The third kappa shape index (κ3) is 6.27. The maximum absolute atomic E-state index is 12.0. The van der Waals surface area contributed by atoms with Gasteiger partial charge in [0.25, 0.3) is 5.91 Å². The summed E-state index contributed by atoms with van der Waals surface area (Å²) in [6, 6.07) is 0. The molecule has 1 unspecified atom stereocenters. The third-order valence-corrected chi connectivity index (χ3v) is 3.29. The van der Waals surface area contributed by atoms with Gasteiger partial charge in [0.05, 0.1) is 13.2 Å². The molecule has 23 heavy (non-hydrogen) atoms. The molecule has 0 spiro atoms. The van der Waals surface area contributed by atoms with Gasteiger partial charge >= 0.3 is 12.1 Å². The number of carbonyl (C=O) groups excluding carboxylic acids is 3. The van der Waals surface area contributed by atoms with E-state index >= 15 is 0 Å². The largest absolute Gasteiger partial charge is 0.454 e. The van der Waals surface area contributed by atoms with Gasteiger partial charge in [0.2, 0.25) is 0 Å². The van der Waals surface area contributed by atoms with Gasteiger partial charge in [-0.25, -0.2) is 9.59 Å². The summed E-state index contributed by atoms with van der Waals surface area (Å²) in [5.41, 5.74) is 0. The van der Waals surface area contributed by atoms with Crippen LogP contribution in [0.1, 0.15) is 13.8 Å². The van der Waals surface area contributed by atoms with Crippen molar-refractivity contribution in [2.24, 2.45) is 0 Å². The first-order valence-corrected chi connectivity index (χ1v) is 7.58. The van der Waals surface area contributed by atoms with Crippen molar-refractivity contribution in [1.82, 2.24) is 9.80 Å². The van der Waals surface area contributed by atoms with Crippen LogP contribution in [0.2, 0.25) is 0 Å². The van der Waals surface area contributed by atoms with Gasteiger partial charge in [0.1, 0.15) is 0 Å². The lowest BCUT2D eigenvalue weighted by molar-refractivity contribution is -0.161. The summed E-state index contributed by atoms with van der Waals surface area (Å²) in [5.74, 6) is -0.886. The van der Waals surface area contributed by atoms with Crippen LogP contribution >= 0.6 is 0 Å². The number of amides is 2. The van der Waals surface area contributed by atoms with E-state index in [9.17, 15) is 14.4 Å². The first kappa shape index (κ1) is 19.0. The Morgan fingerprint density at radius 3 is 2.30 bits per heavy atom. The summed E-state index contributed by atoms with van der Waals surface area (Å²) in [4.78, 5) is 38.3. The molecule has 1 rings (SSSR count). The van der Waals surface area contributed by atoms with Gasteiger partial charge < -0.3 is 24.0 Å². The quantitative estimate of drug-likeness (QED) is 0.497. The van der Waals surface area contributed by atoms with Crippen LogP contribution in [0.5, 0.6) is 0 Å². The van der Waals surface area contributed by atoms with E-state index in [1.807, 2.05) is 0 Å². The maximum Gasteiger partial charge on any atom is 0.409 e. The highest BCUT2D eigenvalue weighted by molar-refractivity contribution is 5.82. The summed E-state index contributed by atoms with van der Waals surface area (Å²) < 4.78 is 15.0. The Hall–Kier alpha value is -2.09. The lowest BCUT2D eigenvalue weighted by Crippen LogP contribution is -2.51. The molecule has 1 heterocycles. The number of rotatable bonds is 7. The molecule has 0 bridgehead atoms. The van der Waals surface area contributed by atoms with E-state index in [-0.39, 0.29) is 25.2 Å². The Kier molecular flexibility index (Phi) is 8.10. The molecule has 1 fully saturated rings. The Morgan fingerprint density at radius 2 is 1.74 bits per heavy atom.